The van der Waals surface area contributed by atoms with Gasteiger partial charge in [0.05, 0.1) is 28.6 Å². The van der Waals surface area contributed by atoms with E-state index in [0.717, 1.165) is 28.2 Å². The molecule has 1 aromatic heterocycles. The lowest BCUT2D eigenvalue weighted by atomic mass is 9.75. The Morgan fingerprint density at radius 3 is 2.67 bits per heavy atom. The molecule has 0 N–H and O–H groups in total. The van der Waals surface area contributed by atoms with Gasteiger partial charge in [-0.05, 0) is 52.9 Å². The molecule has 0 amide bonds. The van der Waals surface area contributed by atoms with Crippen LogP contribution in [-0.4, -0.2) is 15.9 Å². The summed E-state index contributed by atoms with van der Waals surface area (Å²) >= 11 is 3.68. The van der Waals surface area contributed by atoms with Crippen molar-refractivity contribution in [2.24, 2.45) is 24.8 Å². The molecule has 0 spiro atoms. The smallest absolute Gasteiger partial charge is 0.0900 e. The molecule has 4 heteroatoms. The third-order valence-electron chi connectivity index (χ3n) is 4.90. The van der Waals surface area contributed by atoms with Gasteiger partial charge in [0.15, 0.2) is 0 Å². The molecule has 1 aliphatic rings. The van der Waals surface area contributed by atoms with Crippen LogP contribution in [0.25, 0.3) is 0 Å². The number of rotatable bonds is 5. The summed E-state index contributed by atoms with van der Waals surface area (Å²) in [6, 6.07) is 0. The first-order valence-electron chi connectivity index (χ1n) is 8.25. The highest BCUT2D eigenvalue weighted by Crippen LogP contribution is 2.36. The fourth-order valence-corrected chi connectivity index (χ4v) is 4.20. The van der Waals surface area contributed by atoms with E-state index in [2.05, 4.69) is 48.7 Å². The van der Waals surface area contributed by atoms with Crippen LogP contribution in [0.4, 0.5) is 0 Å². The van der Waals surface area contributed by atoms with E-state index in [4.69, 9.17) is 4.74 Å². The Balaban J connectivity index is 2.05. The molecular weight excluding hydrogens is 328 g/mol. The topological polar surface area (TPSA) is 27.1 Å². The summed E-state index contributed by atoms with van der Waals surface area (Å²) in [4.78, 5) is 0. The number of halogens is 1. The summed E-state index contributed by atoms with van der Waals surface area (Å²) in [6.07, 6.45) is 5.18. The quantitative estimate of drug-likeness (QED) is 0.762. The van der Waals surface area contributed by atoms with Gasteiger partial charge in [0.2, 0.25) is 0 Å². The first kappa shape index (κ1) is 17.0. The minimum Gasteiger partial charge on any atom is -0.372 e. The van der Waals surface area contributed by atoms with Crippen molar-refractivity contribution in [2.45, 2.75) is 66.1 Å². The lowest BCUT2D eigenvalue weighted by Gasteiger charge is -2.37. The second kappa shape index (κ2) is 7.28. The summed E-state index contributed by atoms with van der Waals surface area (Å²) in [6.45, 7) is 9.79. The minimum absolute atomic E-state index is 0.389. The van der Waals surface area contributed by atoms with Crippen LogP contribution in [0, 0.1) is 17.8 Å². The van der Waals surface area contributed by atoms with E-state index in [1.165, 1.54) is 19.3 Å². The molecule has 120 valence electrons. The minimum atomic E-state index is 0.389. The molecule has 3 unspecified atom stereocenters. The molecule has 1 aliphatic carbocycles. The Morgan fingerprint density at radius 1 is 1.38 bits per heavy atom. The molecule has 0 aromatic carbocycles. The highest BCUT2D eigenvalue weighted by molar-refractivity contribution is 9.10. The van der Waals surface area contributed by atoms with Gasteiger partial charge in [0, 0.05) is 7.05 Å². The fraction of sp³-hybridized carbons (Fsp3) is 0.824. The molecule has 0 bridgehead atoms. The number of hydrogen-bond acceptors (Lipinski definition) is 2. The zero-order chi connectivity index (χ0) is 15.6. The number of nitrogens with zero attached hydrogens (tertiary/aromatic N) is 2. The zero-order valence-electron chi connectivity index (χ0n) is 14.0. The van der Waals surface area contributed by atoms with E-state index < -0.39 is 0 Å². The maximum Gasteiger partial charge on any atom is 0.0900 e. The van der Waals surface area contributed by atoms with Gasteiger partial charge in [-0.2, -0.15) is 5.10 Å². The first-order chi connectivity index (χ1) is 9.93. The Labute approximate surface area is 137 Å². The SMILES string of the molecule is CCc1nn(C)c(COC2CC(C)CCC2C(C)C)c1Br. The van der Waals surface area contributed by atoms with Crippen LogP contribution in [0.1, 0.15) is 58.3 Å². The van der Waals surface area contributed by atoms with Gasteiger partial charge in [-0.25, -0.2) is 0 Å². The predicted octanol–water partition coefficient (Wildman–Crippen LogP) is 4.72. The summed E-state index contributed by atoms with van der Waals surface area (Å²) < 4.78 is 9.42. The standard InChI is InChI=1S/C17H29BrN2O/c1-6-14-17(18)15(20(5)19-14)10-21-16-9-12(4)7-8-13(16)11(2)3/h11-13,16H,6-10H2,1-5H3. The number of aryl methyl sites for hydroxylation is 2. The van der Waals surface area contributed by atoms with Gasteiger partial charge in [-0.1, -0.05) is 34.1 Å². The molecule has 1 aromatic rings. The Morgan fingerprint density at radius 2 is 2.10 bits per heavy atom. The second-order valence-electron chi connectivity index (χ2n) is 6.86. The summed E-state index contributed by atoms with van der Waals surface area (Å²) in [5.74, 6) is 2.17. The normalized spacial score (nSPS) is 26.5. The van der Waals surface area contributed by atoms with Gasteiger partial charge in [-0.3, -0.25) is 4.68 Å². The number of aromatic nitrogens is 2. The van der Waals surface area contributed by atoms with Crippen molar-refractivity contribution in [3.63, 3.8) is 0 Å². The maximum absolute atomic E-state index is 6.34. The third kappa shape index (κ3) is 3.89. The van der Waals surface area contributed by atoms with E-state index in [9.17, 15) is 0 Å². The van der Waals surface area contributed by atoms with Crippen LogP contribution in [0.15, 0.2) is 4.47 Å². The van der Waals surface area contributed by atoms with Gasteiger partial charge in [-0.15, -0.1) is 0 Å². The van der Waals surface area contributed by atoms with Gasteiger partial charge >= 0.3 is 0 Å². The van der Waals surface area contributed by atoms with Crippen molar-refractivity contribution in [1.29, 1.82) is 0 Å². The molecule has 0 radical (unpaired) electrons. The molecule has 1 saturated carbocycles. The average Bonchev–Trinajstić information content (AvgIpc) is 2.71. The second-order valence-corrected chi connectivity index (χ2v) is 7.65. The van der Waals surface area contributed by atoms with Gasteiger partial charge in [0.1, 0.15) is 0 Å². The predicted molar refractivity (Wildman–Crippen MR) is 90.2 cm³/mol. The number of hydrogen-bond donors (Lipinski definition) is 0. The molecule has 1 heterocycles. The van der Waals surface area contributed by atoms with Gasteiger partial charge < -0.3 is 4.74 Å². The summed E-state index contributed by atoms with van der Waals surface area (Å²) in [5, 5.41) is 4.55. The zero-order valence-corrected chi connectivity index (χ0v) is 15.6. The van der Waals surface area contributed by atoms with Crippen molar-refractivity contribution in [3.05, 3.63) is 15.9 Å². The van der Waals surface area contributed by atoms with Gasteiger partial charge in [0.25, 0.3) is 0 Å². The molecule has 0 aliphatic heterocycles. The molecule has 1 fully saturated rings. The molecule has 21 heavy (non-hydrogen) atoms. The van der Waals surface area contributed by atoms with E-state index in [1.54, 1.807) is 0 Å². The van der Waals surface area contributed by atoms with Crippen molar-refractivity contribution >= 4 is 15.9 Å². The maximum atomic E-state index is 6.34. The van der Waals surface area contributed by atoms with Crippen molar-refractivity contribution in [1.82, 2.24) is 9.78 Å². The van der Waals surface area contributed by atoms with Crippen LogP contribution in [0.3, 0.4) is 0 Å². The highest BCUT2D eigenvalue weighted by Gasteiger charge is 2.31. The fourth-order valence-electron chi connectivity index (χ4n) is 3.47. The molecule has 3 atom stereocenters. The average molecular weight is 357 g/mol. The van der Waals surface area contributed by atoms with E-state index in [-0.39, 0.29) is 0 Å². The Kier molecular flexibility index (Phi) is 5.89. The molecular formula is C17H29BrN2O. The van der Waals surface area contributed by atoms with Crippen LogP contribution >= 0.6 is 15.9 Å². The number of ether oxygens (including phenoxy) is 1. The largest absolute Gasteiger partial charge is 0.372 e. The van der Waals surface area contributed by atoms with Crippen LogP contribution in [0.2, 0.25) is 0 Å². The molecule has 3 nitrogen and oxygen atoms in total. The van der Waals surface area contributed by atoms with E-state index >= 15 is 0 Å². The van der Waals surface area contributed by atoms with Crippen molar-refractivity contribution in [3.8, 4) is 0 Å². The van der Waals surface area contributed by atoms with Crippen LogP contribution < -0.4 is 0 Å². The summed E-state index contributed by atoms with van der Waals surface area (Å²) in [7, 11) is 2.01. The third-order valence-corrected chi connectivity index (χ3v) is 5.81. The monoisotopic (exact) mass is 356 g/mol. The summed E-state index contributed by atoms with van der Waals surface area (Å²) in [5.41, 5.74) is 2.28. The van der Waals surface area contributed by atoms with Crippen molar-refractivity contribution in [2.75, 3.05) is 0 Å². The lowest BCUT2D eigenvalue weighted by molar-refractivity contribution is -0.0493. The molecule has 0 saturated heterocycles. The Hall–Kier alpha value is -0.350. The van der Waals surface area contributed by atoms with E-state index in [0.29, 0.717) is 24.5 Å². The highest BCUT2D eigenvalue weighted by atomic mass is 79.9. The van der Waals surface area contributed by atoms with Crippen molar-refractivity contribution < 1.29 is 4.74 Å². The first-order valence-corrected chi connectivity index (χ1v) is 9.05. The Bertz CT molecular complexity index is 470. The van der Waals surface area contributed by atoms with Crippen LogP contribution in [0.5, 0.6) is 0 Å². The lowest BCUT2D eigenvalue weighted by Crippen LogP contribution is -2.34. The van der Waals surface area contributed by atoms with Crippen LogP contribution in [-0.2, 0) is 24.8 Å². The molecule has 2 rings (SSSR count). The van der Waals surface area contributed by atoms with E-state index in [1.807, 2.05) is 11.7 Å².